The lowest BCUT2D eigenvalue weighted by molar-refractivity contribution is -0.143. The molecule has 102 valence electrons. The SMILES string of the molecule is COC(=O)C(CC(C)C)NCCCC(F)(F)F. The van der Waals surface area contributed by atoms with Crippen molar-refractivity contribution in [3.63, 3.8) is 0 Å². The summed E-state index contributed by atoms with van der Waals surface area (Å²) in [6.45, 7) is 4.03. The molecule has 3 nitrogen and oxygen atoms in total. The Morgan fingerprint density at radius 1 is 1.35 bits per heavy atom. The van der Waals surface area contributed by atoms with Gasteiger partial charge in [0.2, 0.25) is 0 Å². The second-order valence-corrected chi connectivity index (χ2v) is 4.38. The van der Waals surface area contributed by atoms with Crippen molar-refractivity contribution in [1.29, 1.82) is 0 Å². The number of carbonyl (C=O) groups is 1. The zero-order valence-corrected chi connectivity index (χ0v) is 10.4. The van der Waals surface area contributed by atoms with E-state index >= 15 is 0 Å². The summed E-state index contributed by atoms with van der Waals surface area (Å²) in [5.74, 6) is -0.153. The molecule has 0 rings (SSSR count). The molecule has 0 aliphatic carbocycles. The summed E-state index contributed by atoms with van der Waals surface area (Å²) in [6.07, 6.45) is -4.45. The number of esters is 1. The second kappa shape index (κ2) is 7.53. The first-order valence-corrected chi connectivity index (χ1v) is 5.64. The first-order valence-electron chi connectivity index (χ1n) is 5.64. The number of nitrogens with one attached hydrogen (secondary N) is 1. The molecule has 0 aromatic rings. The monoisotopic (exact) mass is 255 g/mol. The smallest absolute Gasteiger partial charge is 0.389 e. The van der Waals surface area contributed by atoms with E-state index in [1.165, 1.54) is 7.11 Å². The number of halogens is 3. The van der Waals surface area contributed by atoms with Crippen LogP contribution >= 0.6 is 0 Å². The lowest BCUT2D eigenvalue weighted by Gasteiger charge is -2.18. The van der Waals surface area contributed by atoms with Gasteiger partial charge < -0.3 is 10.1 Å². The van der Waals surface area contributed by atoms with Crippen LogP contribution in [0, 0.1) is 5.92 Å². The summed E-state index contributed by atoms with van der Waals surface area (Å²) < 4.78 is 40.3. The predicted molar refractivity (Wildman–Crippen MR) is 58.6 cm³/mol. The Labute approximate surface area is 99.7 Å². The molecule has 1 atom stereocenters. The summed E-state index contributed by atoms with van der Waals surface area (Å²) in [4.78, 5) is 11.3. The molecule has 0 radical (unpaired) electrons. The zero-order chi connectivity index (χ0) is 13.5. The van der Waals surface area contributed by atoms with Gasteiger partial charge in [0.05, 0.1) is 7.11 Å². The maximum Gasteiger partial charge on any atom is 0.389 e. The van der Waals surface area contributed by atoms with Gasteiger partial charge in [-0.05, 0) is 25.3 Å². The van der Waals surface area contributed by atoms with E-state index < -0.39 is 24.6 Å². The Kier molecular flexibility index (Phi) is 7.18. The minimum Gasteiger partial charge on any atom is -0.468 e. The van der Waals surface area contributed by atoms with Crippen LogP contribution in [0.2, 0.25) is 0 Å². The van der Waals surface area contributed by atoms with Crippen LogP contribution < -0.4 is 5.32 Å². The third kappa shape index (κ3) is 8.97. The fraction of sp³-hybridized carbons (Fsp3) is 0.909. The number of methoxy groups -OCH3 is 1. The Morgan fingerprint density at radius 2 is 1.94 bits per heavy atom. The average Bonchev–Trinajstić information content (AvgIpc) is 2.19. The van der Waals surface area contributed by atoms with E-state index in [2.05, 4.69) is 10.1 Å². The molecule has 0 aliphatic rings. The molecule has 0 aliphatic heterocycles. The van der Waals surface area contributed by atoms with Gasteiger partial charge in [-0.2, -0.15) is 13.2 Å². The number of rotatable bonds is 7. The summed E-state index contributed by atoms with van der Waals surface area (Å²) in [7, 11) is 1.27. The lowest BCUT2D eigenvalue weighted by atomic mass is 10.0. The second-order valence-electron chi connectivity index (χ2n) is 4.38. The number of carbonyl (C=O) groups excluding carboxylic acids is 1. The van der Waals surface area contributed by atoms with Gasteiger partial charge in [0.1, 0.15) is 6.04 Å². The fourth-order valence-electron chi connectivity index (χ4n) is 1.44. The van der Waals surface area contributed by atoms with E-state index in [-0.39, 0.29) is 18.9 Å². The highest BCUT2D eigenvalue weighted by atomic mass is 19.4. The van der Waals surface area contributed by atoms with Crippen LogP contribution in [-0.4, -0.2) is 31.8 Å². The van der Waals surface area contributed by atoms with Crippen molar-refractivity contribution in [3.8, 4) is 0 Å². The summed E-state index contributed by atoms with van der Waals surface area (Å²) in [5.41, 5.74) is 0. The Morgan fingerprint density at radius 3 is 2.35 bits per heavy atom. The molecular weight excluding hydrogens is 235 g/mol. The van der Waals surface area contributed by atoms with Gasteiger partial charge in [-0.15, -0.1) is 0 Å². The molecule has 0 amide bonds. The molecule has 6 heteroatoms. The average molecular weight is 255 g/mol. The number of ether oxygens (including phenoxy) is 1. The molecule has 17 heavy (non-hydrogen) atoms. The van der Waals surface area contributed by atoms with Gasteiger partial charge in [-0.3, -0.25) is 4.79 Å². The lowest BCUT2D eigenvalue weighted by Crippen LogP contribution is -2.39. The van der Waals surface area contributed by atoms with E-state index in [0.29, 0.717) is 6.42 Å². The molecule has 0 fully saturated rings. The van der Waals surface area contributed by atoms with Crippen molar-refractivity contribution >= 4 is 5.97 Å². The van der Waals surface area contributed by atoms with Crippen LogP contribution in [0.25, 0.3) is 0 Å². The van der Waals surface area contributed by atoms with E-state index in [9.17, 15) is 18.0 Å². The highest BCUT2D eigenvalue weighted by Crippen LogP contribution is 2.20. The highest BCUT2D eigenvalue weighted by Gasteiger charge is 2.26. The van der Waals surface area contributed by atoms with Crippen LogP contribution in [0.4, 0.5) is 13.2 Å². The first-order chi connectivity index (χ1) is 7.76. The van der Waals surface area contributed by atoms with Crippen LogP contribution in [0.3, 0.4) is 0 Å². The fourth-order valence-corrected chi connectivity index (χ4v) is 1.44. The topological polar surface area (TPSA) is 38.3 Å². The molecule has 0 spiro atoms. The maximum atomic E-state index is 11.9. The molecular formula is C11H20F3NO2. The zero-order valence-electron chi connectivity index (χ0n) is 10.4. The first kappa shape index (κ1) is 16.2. The van der Waals surface area contributed by atoms with Crippen molar-refractivity contribution in [2.75, 3.05) is 13.7 Å². The third-order valence-electron chi connectivity index (χ3n) is 2.22. The standard InChI is InChI=1S/C11H20F3NO2/c1-8(2)7-9(10(16)17-3)15-6-4-5-11(12,13)14/h8-9,15H,4-7H2,1-3H3. The molecule has 1 unspecified atom stereocenters. The van der Waals surface area contributed by atoms with Crippen LogP contribution in [0.15, 0.2) is 0 Å². The van der Waals surface area contributed by atoms with Crippen LogP contribution in [0.1, 0.15) is 33.1 Å². The van der Waals surface area contributed by atoms with Crippen LogP contribution in [-0.2, 0) is 9.53 Å². The molecule has 0 heterocycles. The normalized spacial score (nSPS) is 13.8. The highest BCUT2D eigenvalue weighted by molar-refractivity contribution is 5.75. The summed E-state index contributed by atoms with van der Waals surface area (Å²) >= 11 is 0. The molecule has 0 saturated heterocycles. The van der Waals surface area contributed by atoms with Gasteiger partial charge >= 0.3 is 12.1 Å². The molecule has 1 N–H and O–H groups in total. The number of hydrogen-bond donors (Lipinski definition) is 1. The Hall–Kier alpha value is -0.780. The predicted octanol–water partition coefficient (Wildman–Crippen LogP) is 2.51. The minimum absolute atomic E-state index is 0.0326. The van der Waals surface area contributed by atoms with Gasteiger partial charge in [0.25, 0.3) is 0 Å². The Balaban J connectivity index is 3.96. The van der Waals surface area contributed by atoms with E-state index in [4.69, 9.17) is 0 Å². The van der Waals surface area contributed by atoms with E-state index in [1.807, 2.05) is 13.8 Å². The molecule has 0 aromatic carbocycles. The van der Waals surface area contributed by atoms with Crippen molar-refractivity contribution in [1.82, 2.24) is 5.32 Å². The third-order valence-corrected chi connectivity index (χ3v) is 2.22. The van der Waals surface area contributed by atoms with Gasteiger partial charge in [-0.1, -0.05) is 13.8 Å². The molecule has 0 aromatic heterocycles. The summed E-state index contributed by atoms with van der Waals surface area (Å²) in [5, 5.41) is 2.80. The number of alkyl halides is 3. The van der Waals surface area contributed by atoms with Crippen LogP contribution in [0.5, 0.6) is 0 Å². The maximum absolute atomic E-state index is 11.9. The van der Waals surface area contributed by atoms with E-state index in [1.54, 1.807) is 0 Å². The summed E-state index contributed by atoms with van der Waals surface area (Å²) in [6, 6.07) is -0.520. The Bertz CT molecular complexity index is 229. The van der Waals surface area contributed by atoms with E-state index in [0.717, 1.165) is 0 Å². The van der Waals surface area contributed by atoms with Crippen molar-refractivity contribution in [2.24, 2.45) is 5.92 Å². The van der Waals surface area contributed by atoms with Crippen molar-refractivity contribution in [3.05, 3.63) is 0 Å². The minimum atomic E-state index is -4.14. The van der Waals surface area contributed by atoms with Crippen molar-refractivity contribution < 1.29 is 22.7 Å². The van der Waals surface area contributed by atoms with Gasteiger partial charge in [-0.25, -0.2) is 0 Å². The molecule has 0 bridgehead atoms. The molecule has 0 saturated carbocycles. The van der Waals surface area contributed by atoms with Gasteiger partial charge in [0, 0.05) is 6.42 Å². The van der Waals surface area contributed by atoms with Crippen molar-refractivity contribution in [2.45, 2.75) is 45.3 Å². The quantitative estimate of drug-likeness (QED) is 0.561. The largest absolute Gasteiger partial charge is 0.468 e. The van der Waals surface area contributed by atoms with Gasteiger partial charge in [0.15, 0.2) is 0 Å². The number of hydrogen-bond acceptors (Lipinski definition) is 3.